The monoisotopic (exact) mass is 344 g/mol. The summed E-state index contributed by atoms with van der Waals surface area (Å²) in [5, 5.41) is 0. The molecule has 0 radical (unpaired) electrons. The Morgan fingerprint density at radius 3 is 2.12 bits per heavy atom. The van der Waals surface area contributed by atoms with Gasteiger partial charge in [-0.25, -0.2) is 4.79 Å². The van der Waals surface area contributed by atoms with E-state index < -0.39 is 5.97 Å². The van der Waals surface area contributed by atoms with E-state index in [2.05, 4.69) is 0 Å². The number of esters is 1. The molecule has 3 aromatic rings. The predicted octanol–water partition coefficient (Wildman–Crippen LogP) is 5.01. The summed E-state index contributed by atoms with van der Waals surface area (Å²) >= 11 is 0. The molecule has 0 fully saturated rings. The van der Waals surface area contributed by atoms with E-state index >= 15 is 0 Å². The van der Waals surface area contributed by atoms with Crippen molar-refractivity contribution in [1.82, 2.24) is 0 Å². The predicted molar refractivity (Wildman–Crippen MR) is 102 cm³/mol. The number of carbonyl (C=O) groups excluding carboxylic acids is 2. The maximum atomic E-state index is 12.3. The minimum Gasteiger partial charge on any atom is -0.454 e. The van der Waals surface area contributed by atoms with Crippen LogP contribution in [0.15, 0.2) is 72.8 Å². The Morgan fingerprint density at radius 2 is 1.42 bits per heavy atom. The van der Waals surface area contributed by atoms with Gasteiger partial charge in [0.25, 0.3) is 0 Å². The smallest absolute Gasteiger partial charge is 0.338 e. The molecule has 3 heteroatoms. The van der Waals surface area contributed by atoms with Crippen molar-refractivity contribution in [3.8, 4) is 11.1 Å². The summed E-state index contributed by atoms with van der Waals surface area (Å²) in [4.78, 5) is 24.5. The minimum atomic E-state index is -0.472. The number of ether oxygens (including phenoxy) is 1. The van der Waals surface area contributed by atoms with E-state index in [1.165, 1.54) is 0 Å². The van der Waals surface area contributed by atoms with Crippen LogP contribution in [-0.4, -0.2) is 18.4 Å². The van der Waals surface area contributed by atoms with Crippen LogP contribution in [0.1, 0.15) is 31.8 Å². The van der Waals surface area contributed by atoms with Gasteiger partial charge in [-0.2, -0.15) is 0 Å². The molecule has 0 aliphatic carbocycles. The van der Waals surface area contributed by atoms with E-state index in [-0.39, 0.29) is 12.4 Å². The number of hydrogen-bond donors (Lipinski definition) is 0. The van der Waals surface area contributed by atoms with Crippen molar-refractivity contribution in [3.05, 3.63) is 95.1 Å². The second kappa shape index (κ2) is 7.79. The Bertz CT molecular complexity index is 925. The summed E-state index contributed by atoms with van der Waals surface area (Å²) in [5.74, 6) is -0.691. The molecule has 0 heterocycles. The molecule has 26 heavy (non-hydrogen) atoms. The fourth-order valence-electron chi connectivity index (χ4n) is 2.74. The summed E-state index contributed by atoms with van der Waals surface area (Å²) in [7, 11) is 0. The third-order valence-electron chi connectivity index (χ3n) is 4.47. The van der Waals surface area contributed by atoms with Gasteiger partial charge in [0.2, 0.25) is 0 Å². The van der Waals surface area contributed by atoms with Crippen LogP contribution in [0.2, 0.25) is 0 Å². The highest BCUT2D eigenvalue weighted by Crippen LogP contribution is 2.19. The second-order valence-corrected chi connectivity index (χ2v) is 6.19. The molecule has 0 saturated carbocycles. The first-order valence-electron chi connectivity index (χ1n) is 8.48. The third-order valence-corrected chi connectivity index (χ3v) is 4.47. The molecule has 130 valence electrons. The number of benzene rings is 3. The first-order chi connectivity index (χ1) is 12.6. The average Bonchev–Trinajstić information content (AvgIpc) is 2.69. The molecule has 0 bridgehead atoms. The number of Topliss-reactive ketones (excluding diaryl/α,β-unsaturated/α-hetero) is 1. The van der Waals surface area contributed by atoms with E-state index in [4.69, 9.17) is 4.74 Å². The minimum absolute atomic E-state index is 0.219. The molecule has 0 N–H and O–H groups in total. The summed E-state index contributed by atoms with van der Waals surface area (Å²) in [6.07, 6.45) is 0. The zero-order valence-electron chi connectivity index (χ0n) is 14.9. The molecule has 3 aromatic carbocycles. The first-order valence-corrected chi connectivity index (χ1v) is 8.48. The van der Waals surface area contributed by atoms with Crippen molar-refractivity contribution in [2.75, 3.05) is 6.61 Å². The molecule has 0 aromatic heterocycles. The van der Waals surface area contributed by atoms with Gasteiger partial charge in [-0.1, -0.05) is 66.7 Å². The Labute approximate surface area is 153 Å². The molecule has 0 saturated heterocycles. The quantitative estimate of drug-likeness (QED) is 0.483. The van der Waals surface area contributed by atoms with Gasteiger partial charge < -0.3 is 4.74 Å². The zero-order valence-corrected chi connectivity index (χ0v) is 14.9. The lowest BCUT2D eigenvalue weighted by Gasteiger charge is -2.09. The Morgan fingerprint density at radius 1 is 0.769 bits per heavy atom. The van der Waals surface area contributed by atoms with Gasteiger partial charge in [0.05, 0.1) is 5.56 Å². The van der Waals surface area contributed by atoms with Crippen molar-refractivity contribution < 1.29 is 14.3 Å². The summed E-state index contributed by atoms with van der Waals surface area (Å²) in [6.45, 7) is 3.54. The summed E-state index contributed by atoms with van der Waals surface area (Å²) in [6, 6.07) is 22.7. The van der Waals surface area contributed by atoms with Crippen LogP contribution >= 0.6 is 0 Å². The lowest BCUT2D eigenvalue weighted by Crippen LogP contribution is -2.15. The van der Waals surface area contributed by atoms with Crippen LogP contribution in [0.3, 0.4) is 0 Å². The lowest BCUT2D eigenvalue weighted by atomic mass is 10.0. The van der Waals surface area contributed by atoms with E-state index in [1.807, 2.05) is 68.4 Å². The van der Waals surface area contributed by atoms with Crippen LogP contribution in [0.5, 0.6) is 0 Å². The fourth-order valence-corrected chi connectivity index (χ4v) is 2.74. The highest BCUT2D eigenvalue weighted by atomic mass is 16.5. The number of rotatable bonds is 5. The number of ketones is 1. The van der Waals surface area contributed by atoms with Crippen molar-refractivity contribution in [2.24, 2.45) is 0 Å². The molecule has 0 aliphatic heterocycles. The van der Waals surface area contributed by atoms with E-state index in [1.54, 1.807) is 18.2 Å². The first kappa shape index (κ1) is 17.6. The lowest BCUT2D eigenvalue weighted by molar-refractivity contribution is 0.0474. The van der Waals surface area contributed by atoms with Gasteiger partial charge >= 0.3 is 5.97 Å². The van der Waals surface area contributed by atoms with E-state index in [0.29, 0.717) is 11.1 Å². The Hall–Kier alpha value is -3.20. The number of aryl methyl sites for hydroxylation is 1. The summed E-state index contributed by atoms with van der Waals surface area (Å²) < 4.78 is 5.21. The van der Waals surface area contributed by atoms with E-state index in [9.17, 15) is 9.59 Å². The fraction of sp³-hybridized carbons (Fsp3) is 0.130. The van der Waals surface area contributed by atoms with Crippen LogP contribution in [0.4, 0.5) is 0 Å². The maximum Gasteiger partial charge on any atom is 0.338 e. The molecule has 0 atom stereocenters. The second-order valence-electron chi connectivity index (χ2n) is 6.19. The van der Waals surface area contributed by atoms with Gasteiger partial charge in [0, 0.05) is 5.56 Å². The van der Waals surface area contributed by atoms with Gasteiger partial charge in [0.1, 0.15) is 0 Å². The average molecular weight is 344 g/mol. The largest absolute Gasteiger partial charge is 0.454 e. The van der Waals surface area contributed by atoms with Crippen molar-refractivity contribution in [2.45, 2.75) is 13.8 Å². The van der Waals surface area contributed by atoms with Crippen LogP contribution < -0.4 is 0 Å². The molecular weight excluding hydrogens is 324 g/mol. The van der Waals surface area contributed by atoms with Crippen molar-refractivity contribution >= 4 is 11.8 Å². The molecule has 3 nitrogen and oxygen atoms in total. The van der Waals surface area contributed by atoms with Gasteiger partial charge in [0.15, 0.2) is 12.4 Å². The van der Waals surface area contributed by atoms with Gasteiger partial charge in [-0.15, -0.1) is 0 Å². The van der Waals surface area contributed by atoms with Crippen LogP contribution in [0.25, 0.3) is 11.1 Å². The van der Waals surface area contributed by atoms with Crippen molar-refractivity contribution in [3.63, 3.8) is 0 Å². The highest BCUT2D eigenvalue weighted by Gasteiger charge is 2.14. The maximum absolute atomic E-state index is 12.3. The molecule has 0 aliphatic rings. The van der Waals surface area contributed by atoms with Gasteiger partial charge in [-0.05, 0) is 42.2 Å². The molecule has 0 spiro atoms. The van der Waals surface area contributed by atoms with Crippen molar-refractivity contribution in [1.29, 1.82) is 0 Å². The van der Waals surface area contributed by atoms with E-state index in [0.717, 1.165) is 22.3 Å². The third kappa shape index (κ3) is 3.89. The summed E-state index contributed by atoms with van der Waals surface area (Å²) in [5.41, 5.74) is 5.04. The Kier molecular flexibility index (Phi) is 5.28. The Balaban J connectivity index is 1.65. The molecular formula is C23H20O3. The SMILES string of the molecule is Cc1cccc(C(=O)OCC(=O)c2ccc(-c3ccccc3)cc2)c1C. The van der Waals surface area contributed by atoms with Gasteiger partial charge in [-0.3, -0.25) is 4.79 Å². The zero-order chi connectivity index (χ0) is 18.5. The number of carbonyl (C=O) groups is 2. The van der Waals surface area contributed by atoms with Crippen LogP contribution in [0, 0.1) is 13.8 Å². The molecule has 3 rings (SSSR count). The topological polar surface area (TPSA) is 43.4 Å². The molecule has 0 amide bonds. The standard InChI is InChI=1S/C23H20O3/c1-16-7-6-10-21(17(16)2)23(25)26-15-22(24)20-13-11-19(12-14-20)18-8-4-3-5-9-18/h3-14H,15H2,1-2H3. The molecule has 0 unspecified atom stereocenters. The normalized spacial score (nSPS) is 10.4. The highest BCUT2D eigenvalue weighted by molar-refractivity contribution is 6.00. The number of hydrogen-bond acceptors (Lipinski definition) is 3. The van der Waals surface area contributed by atoms with Crippen LogP contribution in [-0.2, 0) is 4.74 Å².